The Hall–Kier alpha value is -2.81. The van der Waals surface area contributed by atoms with Crippen molar-refractivity contribution in [2.75, 3.05) is 0 Å². The van der Waals surface area contributed by atoms with Gasteiger partial charge in [0.1, 0.15) is 11.5 Å². The lowest BCUT2D eigenvalue weighted by atomic mass is 9.85. The summed E-state index contributed by atoms with van der Waals surface area (Å²) < 4.78 is 5.85. The number of rotatable bonds is 7. The van der Waals surface area contributed by atoms with E-state index in [1.54, 1.807) is 6.07 Å². The van der Waals surface area contributed by atoms with E-state index in [1.807, 2.05) is 48.5 Å². The lowest BCUT2D eigenvalue weighted by molar-refractivity contribution is 0.349. The first kappa shape index (κ1) is 19.5. The van der Waals surface area contributed by atoms with Gasteiger partial charge in [-0.2, -0.15) is 0 Å². The second-order valence-electron chi connectivity index (χ2n) is 8.50. The third-order valence-electron chi connectivity index (χ3n) is 6.02. The van der Waals surface area contributed by atoms with Crippen molar-refractivity contribution in [2.24, 2.45) is 11.8 Å². The van der Waals surface area contributed by atoms with E-state index in [4.69, 9.17) is 4.42 Å². The SMILES string of the molecule is CC(C)C(Cc1ccccc1)c1cc(O)c(C(c2ccccc2)C2CC2)c(=O)o1. The summed E-state index contributed by atoms with van der Waals surface area (Å²) in [4.78, 5) is 13.1. The predicted molar refractivity (Wildman–Crippen MR) is 115 cm³/mol. The molecular weight excluding hydrogens is 360 g/mol. The summed E-state index contributed by atoms with van der Waals surface area (Å²) in [6.45, 7) is 4.24. The standard InChI is InChI=1S/C26H28O3/c1-17(2)21(15-18-9-5-3-6-10-18)23-16-22(27)25(26(28)29-23)24(20-13-14-20)19-11-7-4-8-12-19/h3-12,16-17,20-21,24,27H,13-15H2,1-2H3. The van der Waals surface area contributed by atoms with Crippen LogP contribution >= 0.6 is 0 Å². The van der Waals surface area contributed by atoms with E-state index < -0.39 is 5.63 Å². The molecule has 0 spiro atoms. The zero-order valence-electron chi connectivity index (χ0n) is 17.0. The molecule has 3 nitrogen and oxygen atoms in total. The molecule has 0 aliphatic heterocycles. The molecule has 4 rings (SSSR count). The molecule has 1 fully saturated rings. The molecule has 0 amide bonds. The Labute approximate surface area is 172 Å². The number of hydrogen-bond donors (Lipinski definition) is 1. The molecule has 29 heavy (non-hydrogen) atoms. The van der Waals surface area contributed by atoms with Crippen LogP contribution in [-0.2, 0) is 6.42 Å². The molecule has 0 saturated heterocycles. The first-order valence-corrected chi connectivity index (χ1v) is 10.5. The van der Waals surface area contributed by atoms with E-state index in [9.17, 15) is 9.90 Å². The normalized spacial score (nSPS) is 16.0. The largest absolute Gasteiger partial charge is 0.507 e. The highest BCUT2D eigenvalue weighted by molar-refractivity contribution is 5.42. The topological polar surface area (TPSA) is 50.4 Å². The quantitative estimate of drug-likeness (QED) is 0.551. The molecule has 1 aliphatic carbocycles. The van der Waals surface area contributed by atoms with Crippen LogP contribution in [0.5, 0.6) is 5.75 Å². The van der Waals surface area contributed by atoms with E-state index in [1.165, 1.54) is 5.56 Å². The summed E-state index contributed by atoms with van der Waals surface area (Å²) >= 11 is 0. The maximum absolute atomic E-state index is 13.1. The average Bonchev–Trinajstić information content (AvgIpc) is 3.55. The molecule has 1 saturated carbocycles. The Morgan fingerprint density at radius 1 is 1.00 bits per heavy atom. The Morgan fingerprint density at radius 3 is 2.17 bits per heavy atom. The van der Waals surface area contributed by atoms with Crippen molar-refractivity contribution in [3.63, 3.8) is 0 Å². The van der Waals surface area contributed by atoms with Crippen molar-refractivity contribution in [1.82, 2.24) is 0 Å². The predicted octanol–water partition coefficient (Wildman–Crippen LogP) is 5.87. The van der Waals surface area contributed by atoms with Gasteiger partial charge >= 0.3 is 5.63 Å². The first-order valence-electron chi connectivity index (χ1n) is 10.5. The maximum Gasteiger partial charge on any atom is 0.343 e. The molecule has 2 aromatic carbocycles. The number of aromatic hydroxyl groups is 1. The van der Waals surface area contributed by atoms with Crippen LogP contribution in [0, 0.1) is 11.8 Å². The number of benzene rings is 2. The summed E-state index contributed by atoms with van der Waals surface area (Å²) in [5, 5.41) is 10.9. The van der Waals surface area contributed by atoms with Gasteiger partial charge in [-0.15, -0.1) is 0 Å². The van der Waals surface area contributed by atoms with Gasteiger partial charge in [-0.05, 0) is 42.2 Å². The molecule has 3 aromatic rings. The summed E-state index contributed by atoms with van der Waals surface area (Å²) in [5.41, 5.74) is 2.26. The summed E-state index contributed by atoms with van der Waals surface area (Å²) in [7, 11) is 0. The molecule has 0 radical (unpaired) electrons. The van der Waals surface area contributed by atoms with Crippen molar-refractivity contribution in [3.05, 3.63) is 99.6 Å². The van der Waals surface area contributed by atoms with Gasteiger partial charge < -0.3 is 9.52 Å². The van der Waals surface area contributed by atoms with Crippen molar-refractivity contribution in [1.29, 1.82) is 0 Å². The van der Waals surface area contributed by atoms with Crippen molar-refractivity contribution in [3.8, 4) is 5.75 Å². The highest BCUT2D eigenvalue weighted by atomic mass is 16.4. The molecule has 3 heteroatoms. The maximum atomic E-state index is 13.1. The van der Waals surface area contributed by atoms with Crippen LogP contribution in [-0.4, -0.2) is 5.11 Å². The van der Waals surface area contributed by atoms with Crippen LogP contribution < -0.4 is 5.63 Å². The third-order valence-corrected chi connectivity index (χ3v) is 6.02. The molecule has 150 valence electrons. The lowest BCUT2D eigenvalue weighted by Gasteiger charge is -2.22. The molecular formula is C26H28O3. The molecule has 0 bridgehead atoms. The Balaban J connectivity index is 1.71. The first-order chi connectivity index (χ1) is 14.0. The summed E-state index contributed by atoms with van der Waals surface area (Å²) in [6, 6.07) is 21.9. The van der Waals surface area contributed by atoms with Crippen LogP contribution in [0.25, 0.3) is 0 Å². The molecule has 1 aromatic heterocycles. The van der Waals surface area contributed by atoms with Crippen LogP contribution in [0.4, 0.5) is 0 Å². The highest BCUT2D eigenvalue weighted by Crippen LogP contribution is 2.47. The fourth-order valence-corrected chi connectivity index (χ4v) is 4.27. The van der Waals surface area contributed by atoms with E-state index in [2.05, 4.69) is 26.0 Å². The summed E-state index contributed by atoms with van der Waals surface area (Å²) in [6.07, 6.45) is 2.91. The van der Waals surface area contributed by atoms with Crippen molar-refractivity contribution in [2.45, 2.75) is 44.9 Å². The van der Waals surface area contributed by atoms with E-state index in [0.29, 0.717) is 17.2 Å². The van der Waals surface area contributed by atoms with Crippen LogP contribution in [0.15, 0.2) is 75.9 Å². The molecule has 2 unspecified atom stereocenters. The monoisotopic (exact) mass is 388 g/mol. The Morgan fingerprint density at radius 2 is 1.62 bits per heavy atom. The number of hydrogen-bond acceptors (Lipinski definition) is 3. The Bertz CT molecular complexity index is 1000. The molecule has 1 heterocycles. The van der Waals surface area contributed by atoms with Gasteiger partial charge in [-0.25, -0.2) is 4.79 Å². The lowest BCUT2D eigenvalue weighted by Crippen LogP contribution is -2.19. The minimum absolute atomic E-state index is 0.0288. The minimum atomic E-state index is -0.403. The summed E-state index contributed by atoms with van der Waals surface area (Å²) in [5.74, 6) is 1.22. The van der Waals surface area contributed by atoms with Gasteiger partial charge in [-0.1, -0.05) is 74.5 Å². The zero-order chi connectivity index (χ0) is 20.4. The van der Waals surface area contributed by atoms with Gasteiger partial charge in [-0.3, -0.25) is 0 Å². The van der Waals surface area contributed by atoms with Gasteiger partial charge in [0.15, 0.2) is 0 Å². The third kappa shape index (κ3) is 4.29. The van der Waals surface area contributed by atoms with E-state index in [-0.39, 0.29) is 23.5 Å². The van der Waals surface area contributed by atoms with Crippen LogP contribution in [0.1, 0.15) is 61.0 Å². The van der Waals surface area contributed by atoms with Gasteiger partial charge in [0.05, 0.1) is 5.56 Å². The van der Waals surface area contributed by atoms with Crippen molar-refractivity contribution < 1.29 is 9.52 Å². The molecule has 1 N–H and O–H groups in total. The molecule has 2 atom stereocenters. The zero-order valence-corrected chi connectivity index (χ0v) is 17.0. The van der Waals surface area contributed by atoms with Gasteiger partial charge in [0, 0.05) is 17.9 Å². The Kier molecular flexibility index (Phi) is 5.57. The fraction of sp³-hybridized carbons (Fsp3) is 0.346. The van der Waals surface area contributed by atoms with Crippen molar-refractivity contribution >= 4 is 0 Å². The van der Waals surface area contributed by atoms with Crippen LogP contribution in [0.2, 0.25) is 0 Å². The minimum Gasteiger partial charge on any atom is -0.507 e. The van der Waals surface area contributed by atoms with E-state index in [0.717, 1.165) is 24.8 Å². The molecule has 1 aliphatic rings. The van der Waals surface area contributed by atoms with Gasteiger partial charge in [0.2, 0.25) is 0 Å². The second-order valence-corrected chi connectivity index (χ2v) is 8.50. The smallest absolute Gasteiger partial charge is 0.343 e. The second kappa shape index (κ2) is 8.28. The average molecular weight is 389 g/mol. The van der Waals surface area contributed by atoms with Crippen LogP contribution in [0.3, 0.4) is 0 Å². The van der Waals surface area contributed by atoms with Gasteiger partial charge in [0.25, 0.3) is 0 Å². The van der Waals surface area contributed by atoms with E-state index >= 15 is 0 Å². The highest BCUT2D eigenvalue weighted by Gasteiger charge is 2.37. The fourth-order valence-electron chi connectivity index (χ4n) is 4.27.